The Morgan fingerprint density at radius 3 is 2.62 bits per heavy atom. The van der Waals surface area contributed by atoms with E-state index in [2.05, 4.69) is 25.9 Å². The Morgan fingerprint density at radius 1 is 1.25 bits per heavy atom. The highest BCUT2D eigenvalue weighted by Crippen LogP contribution is 2.25. The molecule has 82 valence electrons. The molecule has 0 aliphatic heterocycles. The van der Waals surface area contributed by atoms with Crippen molar-refractivity contribution in [3.8, 4) is 0 Å². The second-order valence-electron chi connectivity index (χ2n) is 3.29. The lowest BCUT2D eigenvalue weighted by molar-refractivity contribution is 0.592. The van der Waals surface area contributed by atoms with Gasteiger partial charge < -0.3 is 5.73 Å². The number of benzene rings is 1. The summed E-state index contributed by atoms with van der Waals surface area (Å²) in [6.45, 7) is 0. The molecule has 0 fully saturated rings. The van der Waals surface area contributed by atoms with Crippen molar-refractivity contribution in [2.24, 2.45) is 5.73 Å². The van der Waals surface area contributed by atoms with Crippen LogP contribution in [0.2, 0.25) is 0 Å². The summed E-state index contributed by atoms with van der Waals surface area (Å²) < 4.78 is 14.2. The predicted molar refractivity (Wildman–Crippen MR) is 62.2 cm³/mol. The molecule has 0 aliphatic rings. The van der Waals surface area contributed by atoms with Gasteiger partial charge in [0.2, 0.25) is 0 Å². The van der Waals surface area contributed by atoms with Crippen molar-refractivity contribution in [3.05, 3.63) is 58.3 Å². The smallest absolute Gasteiger partial charge is 0.142 e. The number of nitrogens with two attached hydrogens (primary N) is 1. The van der Waals surface area contributed by atoms with Crippen LogP contribution in [0, 0.1) is 5.82 Å². The summed E-state index contributed by atoms with van der Waals surface area (Å²) in [5, 5.41) is 0. The lowest BCUT2D eigenvalue weighted by Gasteiger charge is -2.12. The zero-order valence-corrected chi connectivity index (χ0v) is 9.86. The van der Waals surface area contributed by atoms with Crippen LogP contribution in [-0.4, -0.2) is 9.97 Å². The van der Waals surface area contributed by atoms with Crippen LogP contribution in [0.15, 0.2) is 41.4 Å². The van der Waals surface area contributed by atoms with E-state index in [0.717, 1.165) is 0 Å². The van der Waals surface area contributed by atoms with Gasteiger partial charge in [-0.1, -0.05) is 12.1 Å². The minimum Gasteiger partial charge on any atom is -0.320 e. The van der Waals surface area contributed by atoms with Crippen molar-refractivity contribution in [2.75, 3.05) is 0 Å². The molecular weight excluding hydrogens is 273 g/mol. The molecule has 0 saturated heterocycles. The van der Waals surface area contributed by atoms with Gasteiger partial charge in [0, 0.05) is 23.5 Å². The van der Waals surface area contributed by atoms with Crippen LogP contribution in [0.4, 0.5) is 4.39 Å². The van der Waals surface area contributed by atoms with E-state index < -0.39 is 6.04 Å². The standard InChI is InChI=1S/C11H9BrFN3/c12-9-3-1-2-8(10(9)13)11(14)7-4-15-6-16-5-7/h1-6,11H,14H2. The molecule has 0 saturated carbocycles. The fourth-order valence-corrected chi connectivity index (χ4v) is 1.79. The maximum absolute atomic E-state index is 13.8. The zero-order valence-electron chi connectivity index (χ0n) is 8.27. The molecule has 2 aromatic rings. The molecule has 2 N–H and O–H groups in total. The number of hydrogen-bond donors (Lipinski definition) is 1. The highest BCUT2D eigenvalue weighted by Gasteiger charge is 2.15. The maximum atomic E-state index is 13.8. The van der Waals surface area contributed by atoms with Gasteiger partial charge in [0.25, 0.3) is 0 Å². The highest BCUT2D eigenvalue weighted by atomic mass is 79.9. The number of halogens is 2. The van der Waals surface area contributed by atoms with Crippen LogP contribution in [0.25, 0.3) is 0 Å². The molecule has 1 heterocycles. The Kier molecular flexibility index (Phi) is 3.26. The van der Waals surface area contributed by atoms with Crippen LogP contribution in [0.3, 0.4) is 0 Å². The Balaban J connectivity index is 2.42. The van der Waals surface area contributed by atoms with E-state index in [-0.39, 0.29) is 5.82 Å². The van der Waals surface area contributed by atoms with Gasteiger partial charge in [-0.3, -0.25) is 0 Å². The summed E-state index contributed by atoms with van der Waals surface area (Å²) in [7, 11) is 0. The summed E-state index contributed by atoms with van der Waals surface area (Å²) in [6.07, 6.45) is 4.57. The molecule has 0 spiro atoms. The molecule has 0 aliphatic carbocycles. The zero-order chi connectivity index (χ0) is 11.5. The van der Waals surface area contributed by atoms with Gasteiger partial charge in [-0.15, -0.1) is 0 Å². The lowest BCUT2D eigenvalue weighted by atomic mass is 10.0. The average Bonchev–Trinajstić information content (AvgIpc) is 2.33. The molecule has 16 heavy (non-hydrogen) atoms. The van der Waals surface area contributed by atoms with Crippen LogP contribution in [0.1, 0.15) is 17.2 Å². The van der Waals surface area contributed by atoms with Crippen molar-refractivity contribution in [3.63, 3.8) is 0 Å². The number of nitrogens with zero attached hydrogens (tertiary/aromatic N) is 2. The first-order valence-corrected chi connectivity index (χ1v) is 5.44. The maximum Gasteiger partial charge on any atom is 0.142 e. The molecule has 2 rings (SSSR count). The van der Waals surface area contributed by atoms with Gasteiger partial charge in [-0.25, -0.2) is 14.4 Å². The van der Waals surface area contributed by atoms with Gasteiger partial charge >= 0.3 is 0 Å². The third-order valence-corrected chi connectivity index (χ3v) is 2.87. The molecule has 0 amide bonds. The van der Waals surface area contributed by atoms with Gasteiger partial charge in [0.15, 0.2) is 0 Å². The Morgan fingerprint density at radius 2 is 1.94 bits per heavy atom. The predicted octanol–water partition coefficient (Wildman–Crippen LogP) is 2.43. The molecule has 3 nitrogen and oxygen atoms in total. The number of aromatic nitrogens is 2. The van der Waals surface area contributed by atoms with Gasteiger partial charge in [-0.05, 0) is 22.0 Å². The Bertz CT molecular complexity index is 490. The first-order chi connectivity index (χ1) is 7.70. The molecule has 0 bridgehead atoms. The van der Waals surface area contributed by atoms with Crippen molar-refractivity contribution < 1.29 is 4.39 Å². The molecule has 0 radical (unpaired) electrons. The van der Waals surface area contributed by atoms with E-state index in [0.29, 0.717) is 15.6 Å². The van der Waals surface area contributed by atoms with E-state index in [4.69, 9.17) is 5.73 Å². The largest absolute Gasteiger partial charge is 0.320 e. The van der Waals surface area contributed by atoms with Crippen molar-refractivity contribution in [1.29, 1.82) is 0 Å². The summed E-state index contributed by atoms with van der Waals surface area (Å²) in [4.78, 5) is 7.72. The van der Waals surface area contributed by atoms with E-state index >= 15 is 0 Å². The topological polar surface area (TPSA) is 51.8 Å². The van der Waals surface area contributed by atoms with Gasteiger partial charge in [-0.2, -0.15) is 0 Å². The van der Waals surface area contributed by atoms with Crippen LogP contribution >= 0.6 is 15.9 Å². The highest BCUT2D eigenvalue weighted by molar-refractivity contribution is 9.10. The third-order valence-electron chi connectivity index (χ3n) is 2.26. The summed E-state index contributed by atoms with van der Waals surface area (Å²) in [6, 6.07) is 4.47. The van der Waals surface area contributed by atoms with Crippen molar-refractivity contribution in [2.45, 2.75) is 6.04 Å². The Labute approximate surface area is 101 Å². The molecule has 1 aromatic heterocycles. The normalized spacial score (nSPS) is 12.4. The van der Waals surface area contributed by atoms with Gasteiger partial charge in [0.1, 0.15) is 12.1 Å². The molecular formula is C11H9BrFN3. The summed E-state index contributed by atoms with van der Waals surface area (Å²) in [5.41, 5.74) is 7.05. The van der Waals surface area contributed by atoms with Gasteiger partial charge in [0.05, 0.1) is 10.5 Å². The first-order valence-electron chi connectivity index (χ1n) is 4.64. The average molecular weight is 282 g/mol. The molecule has 1 unspecified atom stereocenters. The van der Waals surface area contributed by atoms with E-state index in [9.17, 15) is 4.39 Å². The molecule has 5 heteroatoms. The summed E-state index contributed by atoms with van der Waals surface area (Å²) in [5.74, 6) is -0.348. The van der Waals surface area contributed by atoms with Crippen LogP contribution in [-0.2, 0) is 0 Å². The van der Waals surface area contributed by atoms with Crippen molar-refractivity contribution in [1.82, 2.24) is 9.97 Å². The minimum absolute atomic E-state index is 0.348. The first kappa shape index (κ1) is 11.2. The fraction of sp³-hybridized carbons (Fsp3) is 0.0909. The van der Waals surface area contributed by atoms with Crippen molar-refractivity contribution >= 4 is 15.9 Å². The van der Waals surface area contributed by atoms with Crippen LogP contribution < -0.4 is 5.73 Å². The van der Waals surface area contributed by atoms with Crippen LogP contribution in [0.5, 0.6) is 0 Å². The number of rotatable bonds is 2. The second kappa shape index (κ2) is 4.67. The van der Waals surface area contributed by atoms with E-state index in [1.807, 2.05) is 0 Å². The van der Waals surface area contributed by atoms with E-state index in [1.54, 1.807) is 30.6 Å². The quantitative estimate of drug-likeness (QED) is 0.920. The third kappa shape index (κ3) is 2.10. The fourth-order valence-electron chi connectivity index (χ4n) is 1.41. The SMILES string of the molecule is NC(c1cncnc1)c1cccc(Br)c1F. The minimum atomic E-state index is -0.557. The lowest BCUT2D eigenvalue weighted by Crippen LogP contribution is -2.14. The number of hydrogen-bond acceptors (Lipinski definition) is 3. The second-order valence-corrected chi connectivity index (χ2v) is 4.15. The van der Waals surface area contributed by atoms with E-state index in [1.165, 1.54) is 6.33 Å². The molecule has 1 aromatic carbocycles. The Hall–Kier alpha value is -1.33. The molecule has 1 atom stereocenters. The summed E-state index contributed by atoms with van der Waals surface area (Å²) >= 11 is 3.13. The monoisotopic (exact) mass is 281 g/mol.